The molecule has 2 aromatic carbocycles. The lowest BCUT2D eigenvalue weighted by Crippen LogP contribution is -2.24. The van der Waals surface area contributed by atoms with Crippen molar-refractivity contribution in [2.45, 2.75) is 17.7 Å². The lowest BCUT2D eigenvalue weighted by molar-refractivity contribution is 0.0697. The minimum Gasteiger partial charge on any atom is -0.478 e. The number of carbonyl (C=O) groups excluding carboxylic acids is 1. The van der Waals surface area contributed by atoms with E-state index < -0.39 is 21.9 Å². The number of nitrogens with one attached hydrogen (secondary N) is 2. The molecule has 3 rings (SSSR count). The van der Waals surface area contributed by atoms with Crippen molar-refractivity contribution in [1.29, 1.82) is 0 Å². The maximum absolute atomic E-state index is 12.6. The Labute approximate surface area is 172 Å². The van der Waals surface area contributed by atoms with E-state index in [4.69, 9.17) is 5.11 Å². The number of sulfonamides is 1. The number of carbonyl (C=O) groups is 2. The summed E-state index contributed by atoms with van der Waals surface area (Å²) in [7, 11) is -4.03. The molecule has 3 aromatic rings. The topological polar surface area (TPSA) is 113 Å². The smallest absolute Gasteiger partial charge is 0.336 e. The maximum atomic E-state index is 12.6. The molecule has 0 fully saturated rings. The second-order valence-corrected chi connectivity index (χ2v) is 9.10. The first-order valence-electron chi connectivity index (χ1n) is 8.54. The number of hydrogen-bond donors (Lipinski definition) is 3. The van der Waals surface area contributed by atoms with E-state index in [0.717, 1.165) is 28.5 Å². The van der Waals surface area contributed by atoms with Crippen LogP contribution in [0, 0.1) is 6.92 Å². The third kappa shape index (κ3) is 5.01. The van der Waals surface area contributed by atoms with E-state index in [9.17, 15) is 18.0 Å². The highest BCUT2D eigenvalue weighted by Gasteiger charge is 2.21. The molecular weight excluding hydrogens is 412 g/mol. The Balaban J connectivity index is 1.77. The van der Waals surface area contributed by atoms with E-state index in [1.165, 1.54) is 17.5 Å². The molecule has 1 heterocycles. The van der Waals surface area contributed by atoms with Gasteiger partial charge in [-0.2, -0.15) is 0 Å². The van der Waals surface area contributed by atoms with Crippen LogP contribution in [-0.4, -0.2) is 25.4 Å². The molecule has 1 aromatic heterocycles. The van der Waals surface area contributed by atoms with Crippen LogP contribution in [0.2, 0.25) is 0 Å². The van der Waals surface area contributed by atoms with Gasteiger partial charge in [-0.25, -0.2) is 13.2 Å². The Hall–Kier alpha value is -3.17. The van der Waals surface area contributed by atoms with Gasteiger partial charge >= 0.3 is 5.97 Å². The van der Waals surface area contributed by atoms with Crippen LogP contribution in [0.4, 0.5) is 5.69 Å². The second kappa shape index (κ2) is 8.46. The summed E-state index contributed by atoms with van der Waals surface area (Å²) < 4.78 is 27.4. The lowest BCUT2D eigenvalue weighted by Gasteiger charge is -2.12. The van der Waals surface area contributed by atoms with Crippen molar-refractivity contribution < 1.29 is 23.1 Å². The number of carboxylic acid groups (broad SMARTS) is 1. The lowest BCUT2D eigenvalue weighted by atomic mass is 10.1. The van der Waals surface area contributed by atoms with Gasteiger partial charge < -0.3 is 10.4 Å². The molecule has 0 aliphatic carbocycles. The van der Waals surface area contributed by atoms with E-state index >= 15 is 0 Å². The van der Waals surface area contributed by atoms with Crippen molar-refractivity contribution >= 4 is 38.9 Å². The van der Waals surface area contributed by atoms with Gasteiger partial charge in [0.25, 0.3) is 15.9 Å². The van der Waals surface area contributed by atoms with Crippen LogP contribution in [0.1, 0.15) is 31.8 Å². The van der Waals surface area contributed by atoms with Crippen LogP contribution in [0.5, 0.6) is 0 Å². The van der Waals surface area contributed by atoms with Gasteiger partial charge in [0.05, 0.1) is 16.8 Å². The number of aromatic carboxylic acids is 1. The standard InChI is InChI=1S/C20H18N2O5S2/c1-13-6-8-14(9-7-13)11-21-19(23)16-4-2-3-5-17(16)22-29(26,27)18-10-15(12-28-18)20(24)25/h2-10,12,22H,11H2,1H3,(H,21,23)(H,24,25). The number of rotatable bonds is 7. The summed E-state index contributed by atoms with van der Waals surface area (Å²) in [5.41, 5.74) is 2.19. The molecule has 0 unspecified atom stereocenters. The summed E-state index contributed by atoms with van der Waals surface area (Å²) >= 11 is 0.795. The van der Waals surface area contributed by atoms with Gasteiger partial charge in [-0.15, -0.1) is 11.3 Å². The van der Waals surface area contributed by atoms with Crippen molar-refractivity contribution in [2.75, 3.05) is 4.72 Å². The molecule has 0 spiro atoms. The first-order chi connectivity index (χ1) is 13.8. The minimum absolute atomic E-state index is 0.110. The largest absolute Gasteiger partial charge is 0.478 e. The predicted molar refractivity (Wildman–Crippen MR) is 111 cm³/mol. The number of benzene rings is 2. The third-order valence-electron chi connectivity index (χ3n) is 4.08. The van der Waals surface area contributed by atoms with Crippen molar-refractivity contribution in [3.63, 3.8) is 0 Å². The zero-order chi connectivity index (χ0) is 21.0. The normalized spacial score (nSPS) is 11.1. The van der Waals surface area contributed by atoms with E-state index in [0.29, 0.717) is 6.54 Å². The van der Waals surface area contributed by atoms with Crippen LogP contribution in [0.15, 0.2) is 64.2 Å². The highest BCUT2D eigenvalue weighted by Crippen LogP contribution is 2.25. The number of para-hydroxylation sites is 1. The highest BCUT2D eigenvalue weighted by molar-refractivity contribution is 7.94. The molecule has 150 valence electrons. The first kappa shape index (κ1) is 20.6. The van der Waals surface area contributed by atoms with E-state index in [1.807, 2.05) is 31.2 Å². The summed E-state index contributed by atoms with van der Waals surface area (Å²) in [6, 6.07) is 15.0. The zero-order valence-electron chi connectivity index (χ0n) is 15.4. The SMILES string of the molecule is Cc1ccc(CNC(=O)c2ccccc2NS(=O)(=O)c2cc(C(=O)O)cs2)cc1. The van der Waals surface area contributed by atoms with Gasteiger partial charge in [-0.05, 0) is 30.7 Å². The number of anilines is 1. The fourth-order valence-electron chi connectivity index (χ4n) is 2.52. The summed E-state index contributed by atoms with van der Waals surface area (Å²) in [5.74, 6) is -1.64. The third-order valence-corrected chi connectivity index (χ3v) is 6.88. The van der Waals surface area contributed by atoms with Crippen molar-refractivity contribution in [3.8, 4) is 0 Å². The maximum Gasteiger partial charge on any atom is 0.336 e. The number of carboxylic acids is 1. The summed E-state index contributed by atoms with van der Waals surface area (Å²) in [6.07, 6.45) is 0. The molecule has 0 atom stereocenters. The first-order valence-corrected chi connectivity index (χ1v) is 10.9. The molecule has 3 N–H and O–H groups in total. The van der Waals surface area contributed by atoms with Crippen LogP contribution in [-0.2, 0) is 16.6 Å². The van der Waals surface area contributed by atoms with Crippen LogP contribution >= 0.6 is 11.3 Å². The Morgan fingerprint density at radius 2 is 1.76 bits per heavy atom. The van der Waals surface area contributed by atoms with Crippen molar-refractivity contribution in [1.82, 2.24) is 5.32 Å². The molecule has 9 heteroatoms. The summed E-state index contributed by atoms with van der Waals surface area (Å²) in [4.78, 5) is 23.6. The molecule has 0 saturated carbocycles. The number of aryl methyl sites for hydroxylation is 1. The number of thiophene rings is 1. The molecule has 1 amide bonds. The van der Waals surface area contributed by atoms with Crippen molar-refractivity contribution in [3.05, 3.63) is 82.2 Å². The Bertz CT molecular complexity index is 1150. The van der Waals surface area contributed by atoms with Crippen LogP contribution in [0.3, 0.4) is 0 Å². The molecule has 0 saturated heterocycles. The number of amides is 1. The minimum atomic E-state index is -4.03. The molecule has 0 bridgehead atoms. The zero-order valence-corrected chi connectivity index (χ0v) is 17.0. The molecule has 0 aliphatic heterocycles. The fraction of sp³-hybridized carbons (Fsp3) is 0.100. The Morgan fingerprint density at radius 3 is 2.41 bits per heavy atom. The average molecular weight is 431 g/mol. The van der Waals surface area contributed by atoms with Crippen LogP contribution in [0.25, 0.3) is 0 Å². The summed E-state index contributed by atoms with van der Waals surface area (Å²) in [5, 5.41) is 13.0. The number of hydrogen-bond acceptors (Lipinski definition) is 5. The fourth-order valence-corrected chi connectivity index (χ4v) is 4.75. The van der Waals surface area contributed by atoms with Gasteiger partial charge in [0.1, 0.15) is 4.21 Å². The monoisotopic (exact) mass is 430 g/mol. The van der Waals surface area contributed by atoms with Gasteiger partial charge in [0.2, 0.25) is 0 Å². The summed E-state index contributed by atoms with van der Waals surface area (Å²) in [6.45, 7) is 2.27. The van der Waals surface area contributed by atoms with E-state index in [2.05, 4.69) is 10.0 Å². The molecule has 7 nitrogen and oxygen atoms in total. The highest BCUT2D eigenvalue weighted by atomic mass is 32.2. The Morgan fingerprint density at radius 1 is 1.07 bits per heavy atom. The van der Waals surface area contributed by atoms with E-state index in [-0.39, 0.29) is 21.0 Å². The van der Waals surface area contributed by atoms with E-state index in [1.54, 1.807) is 12.1 Å². The molecule has 0 radical (unpaired) electrons. The van der Waals surface area contributed by atoms with Gasteiger partial charge in [-0.1, -0.05) is 42.0 Å². The van der Waals surface area contributed by atoms with Gasteiger partial charge in [0.15, 0.2) is 0 Å². The van der Waals surface area contributed by atoms with Crippen molar-refractivity contribution in [2.24, 2.45) is 0 Å². The average Bonchev–Trinajstić information content (AvgIpc) is 3.19. The second-order valence-electron chi connectivity index (χ2n) is 6.28. The van der Waals surface area contributed by atoms with Crippen LogP contribution < -0.4 is 10.0 Å². The van der Waals surface area contributed by atoms with Gasteiger partial charge in [-0.3, -0.25) is 9.52 Å². The predicted octanol–water partition coefficient (Wildman–Crippen LogP) is 3.49. The molecular formula is C20H18N2O5S2. The Kier molecular flexibility index (Phi) is 6.00. The molecule has 29 heavy (non-hydrogen) atoms. The quantitative estimate of drug-likeness (QED) is 0.531. The van der Waals surface area contributed by atoms with Gasteiger partial charge in [0, 0.05) is 11.9 Å². The molecule has 0 aliphatic rings.